The van der Waals surface area contributed by atoms with Gasteiger partial charge in [0.1, 0.15) is 5.54 Å². The molecule has 3 unspecified atom stereocenters. The maximum Gasteiger partial charge on any atom is 0.240 e. The van der Waals surface area contributed by atoms with E-state index in [9.17, 15) is 9.90 Å². The highest BCUT2D eigenvalue weighted by atomic mass is 16.5. The Hall–Kier alpha value is -0.650. The van der Waals surface area contributed by atoms with Gasteiger partial charge in [0.15, 0.2) is 0 Å². The molecular formula is C16H32N2O3. The highest BCUT2D eigenvalue weighted by molar-refractivity contribution is 5.88. The third-order valence-electron chi connectivity index (χ3n) is 5.30. The molecule has 1 rings (SSSR count). The molecule has 1 amide bonds. The summed E-state index contributed by atoms with van der Waals surface area (Å²) < 4.78 is 5.63. The van der Waals surface area contributed by atoms with Crippen LogP contribution < -0.4 is 11.1 Å². The van der Waals surface area contributed by atoms with E-state index in [4.69, 9.17) is 10.5 Å². The average Bonchev–Trinajstić information content (AvgIpc) is 2.45. The minimum Gasteiger partial charge on any atom is -0.391 e. The summed E-state index contributed by atoms with van der Waals surface area (Å²) in [6.45, 7) is 10.9. The molecule has 3 atom stereocenters. The summed E-state index contributed by atoms with van der Waals surface area (Å²) in [5, 5.41) is 12.9. The Labute approximate surface area is 128 Å². The molecule has 5 nitrogen and oxygen atoms in total. The quantitative estimate of drug-likeness (QED) is 0.633. The molecule has 1 fully saturated rings. The Morgan fingerprint density at radius 2 is 1.95 bits per heavy atom. The van der Waals surface area contributed by atoms with E-state index < -0.39 is 17.1 Å². The maximum atomic E-state index is 12.4. The molecule has 1 aliphatic carbocycles. The van der Waals surface area contributed by atoms with Crippen LogP contribution >= 0.6 is 0 Å². The van der Waals surface area contributed by atoms with Gasteiger partial charge in [0.05, 0.1) is 12.2 Å². The fourth-order valence-corrected chi connectivity index (χ4v) is 3.18. The lowest BCUT2D eigenvalue weighted by Gasteiger charge is -2.57. The summed E-state index contributed by atoms with van der Waals surface area (Å²) in [7, 11) is 0. The predicted molar refractivity (Wildman–Crippen MR) is 83.8 cm³/mol. The number of aliphatic hydroxyl groups excluding tert-OH is 1. The molecule has 5 heteroatoms. The van der Waals surface area contributed by atoms with E-state index in [0.717, 1.165) is 12.8 Å². The van der Waals surface area contributed by atoms with Crippen LogP contribution in [0, 0.1) is 11.3 Å². The van der Waals surface area contributed by atoms with Crippen molar-refractivity contribution >= 4 is 5.91 Å². The third-order valence-corrected chi connectivity index (χ3v) is 5.30. The van der Waals surface area contributed by atoms with Crippen LogP contribution in [-0.2, 0) is 9.53 Å². The zero-order valence-corrected chi connectivity index (χ0v) is 14.1. The monoisotopic (exact) mass is 300 g/mol. The lowest BCUT2D eigenvalue weighted by molar-refractivity contribution is -0.171. The summed E-state index contributed by atoms with van der Waals surface area (Å²) in [5.74, 6) is 0.0260. The van der Waals surface area contributed by atoms with Crippen molar-refractivity contribution in [1.82, 2.24) is 5.32 Å². The molecule has 0 bridgehead atoms. The molecular weight excluding hydrogens is 268 g/mol. The van der Waals surface area contributed by atoms with Gasteiger partial charge >= 0.3 is 0 Å². The van der Waals surface area contributed by atoms with Gasteiger partial charge in [0.25, 0.3) is 0 Å². The summed E-state index contributed by atoms with van der Waals surface area (Å²) in [6.07, 6.45) is 1.83. The van der Waals surface area contributed by atoms with Gasteiger partial charge in [-0.15, -0.1) is 0 Å². The minimum atomic E-state index is -0.916. The molecule has 4 N–H and O–H groups in total. The third kappa shape index (κ3) is 3.41. The van der Waals surface area contributed by atoms with E-state index in [1.165, 1.54) is 0 Å². The second kappa shape index (κ2) is 7.07. The van der Waals surface area contributed by atoms with Crippen molar-refractivity contribution in [2.24, 2.45) is 17.1 Å². The molecule has 21 heavy (non-hydrogen) atoms. The Morgan fingerprint density at radius 1 is 1.38 bits per heavy atom. The fraction of sp³-hybridized carbons (Fsp3) is 0.938. The average molecular weight is 300 g/mol. The van der Waals surface area contributed by atoms with E-state index in [0.29, 0.717) is 13.0 Å². The zero-order chi connectivity index (χ0) is 16.3. The molecule has 1 aliphatic rings. The van der Waals surface area contributed by atoms with E-state index in [1.54, 1.807) is 0 Å². The van der Waals surface area contributed by atoms with Crippen molar-refractivity contribution in [2.45, 2.75) is 71.6 Å². The largest absolute Gasteiger partial charge is 0.391 e. The number of hydrogen-bond donors (Lipinski definition) is 3. The SMILES string of the molecule is CCOC1CC(N)(C(=O)NCC(O)C(CC)CC)C1(C)C. The van der Waals surface area contributed by atoms with Gasteiger partial charge in [-0.05, 0) is 12.8 Å². The number of nitrogens with two attached hydrogens (primary N) is 1. The van der Waals surface area contributed by atoms with Crippen LogP contribution in [0.1, 0.15) is 53.9 Å². The molecule has 0 heterocycles. The van der Waals surface area contributed by atoms with Gasteiger partial charge in [-0.2, -0.15) is 0 Å². The number of hydrogen-bond acceptors (Lipinski definition) is 4. The van der Waals surface area contributed by atoms with Gasteiger partial charge in [0.2, 0.25) is 5.91 Å². The van der Waals surface area contributed by atoms with Gasteiger partial charge in [-0.1, -0.05) is 40.5 Å². The first kappa shape index (κ1) is 18.4. The smallest absolute Gasteiger partial charge is 0.240 e. The lowest BCUT2D eigenvalue weighted by Crippen LogP contribution is -2.76. The van der Waals surface area contributed by atoms with Crippen LogP contribution in [0.15, 0.2) is 0 Å². The summed E-state index contributed by atoms with van der Waals surface area (Å²) >= 11 is 0. The Balaban J connectivity index is 2.56. The van der Waals surface area contributed by atoms with Gasteiger partial charge in [-0.3, -0.25) is 4.79 Å². The van der Waals surface area contributed by atoms with E-state index >= 15 is 0 Å². The molecule has 0 saturated heterocycles. The van der Waals surface area contributed by atoms with Crippen LogP contribution in [0.4, 0.5) is 0 Å². The Morgan fingerprint density at radius 3 is 2.38 bits per heavy atom. The minimum absolute atomic E-state index is 0.0159. The van der Waals surface area contributed by atoms with Gasteiger partial charge in [0, 0.05) is 25.0 Å². The molecule has 1 saturated carbocycles. The second-order valence-corrected chi connectivity index (χ2v) is 6.70. The van der Waals surface area contributed by atoms with E-state index in [-0.39, 0.29) is 24.5 Å². The van der Waals surface area contributed by atoms with Crippen molar-refractivity contribution < 1.29 is 14.6 Å². The van der Waals surface area contributed by atoms with Crippen LogP contribution in [0.3, 0.4) is 0 Å². The molecule has 0 aliphatic heterocycles. The standard InChI is InChI=1S/C16H32N2O3/c1-6-11(7-2)12(19)10-18-14(20)16(17)9-13(21-8-3)15(16,4)5/h11-13,19H,6-10,17H2,1-5H3,(H,18,20). The number of rotatable bonds is 8. The van der Waals surface area contributed by atoms with Crippen molar-refractivity contribution in [1.29, 1.82) is 0 Å². The maximum absolute atomic E-state index is 12.4. The van der Waals surface area contributed by atoms with Crippen LogP contribution in [0.5, 0.6) is 0 Å². The fourth-order valence-electron chi connectivity index (χ4n) is 3.18. The van der Waals surface area contributed by atoms with Crippen LogP contribution in [0.25, 0.3) is 0 Å². The van der Waals surface area contributed by atoms with Crippen molar-refractivity contribution in [3.05, 3.63) is 0 Å². The number of carbonyl (C=O) groups is 1. The van der Waals surface area contributed by atoms with Crippen molar-refractivity contribution in [2.75, 3.05) is 13.2 Å². The molecule has 0 aromatic carbocycles. The molecule has 124 valence electrons. The molecule has 0 spiro atoms. The second-order valence-electron chi connectivity index (χ2n) is 6.70. The first-order valence-electron chi connectivity index (χ1n) is 8.11. The zero-order valence-electron chi connectivity index (χ0n) is 14.1. The van der Waals surface area contributed by atoms with Gasteiger partial charge in [-0.25, -0.2) is 0 Å². The topological polar surface area (TPSA) is 84.6 Å². The normalized spacial score (nSPS) is 29.0. The number of nitrogens with one attached hydrogen (secondary N) is 1. The first-order chi connectivity index (χ1) is 9.74. The van der Waals surface area contributed by atoms with Crippen LogP contribution in [0.2, 0.25) is 0 Å². The molecule has 0 aromatic rings. The number of ether oxygens (including phenoxy) is 1. The van der Waals surface area contributed by atoms with Gasteiger partial charge < -0.3 is 20.9 Å². The Bertz CT molecular complexity index is 355. The van der Waals surface area contributed by atoms with Crippen molar-refractivity contribution in [3.63, 3.8) is 0 Å². The van der Waals surface area contributed by atoms with Crippen LogP contribution in [-0.4, -0.2) is 41.9 Å². The molecule has 0 radical (unpaired) electrons. The highest BCUT2D eigenvalue weighted by Gasteiger charge is 2.62. The first-order valence-corrected chi connectivity index (χ1v) is 8.11. The summed E-state index contributed by atoms with van der Waals surface area (Å²) in [4.78, 5) is 12.4. The molecule has 0 aromatic heterocycles. The summed E-state index contributed by atoms with van der Waals surface area (Å²) in [5.41, 5.74) is 4.99. The number of amides is 1. The number of carbonyl (C=O) groups excluding carboxylic acids is 1. The predicted octanol–water partition coefficient (Wildman–Crippen LogP) is 1.43. The Kier molecular flexibility index (Phi) is 6.20. The van der Waals surface area contributed by atoms with Crippen molar-refractivity contribution in [3.8, 4) is 0 Å². The van der Waals surface area contributed by atoms with E-state index in [1.807, 2.05) is 34.6 Å². The lowest BCUT2D eigenvalue weighted by atomic mass is 9.54. The number of aliphatic hydroxyl groups is 1. The summed E-state index contributed by atoms with van der Waals surface area (Å²) in [6, 6.07) is 0. The highest BCUT2D eigenvalue weighted by Crippen LogP contribution is 2.49. The van der Waals surface area contributed by atoms with E-state index in [2.05, 4.69) is 5.32 Å².